The number of ether oxygens (including phenoxy) is 1. The van der Waals surface area contributed by atoms with E-state index >= 15 is 0 Å². The maximum absolute atomic E-state index is 13.1. The van der Waals surface area contributed by atoms with Gasteiger partial charge in [0.25, 0.3) is 0 Å². The van der Waals surface area contributed by atoms with E-state index in [4.69, 9.17) is 0 Å². The molecule has 0 aliphatic rings. The minimum absolute atomic E-state index is 0.234. The molecule has 2 nitrogen and oxygen atoms in total. The third kappa shape index (κ3) is 2.02. The van der Waals surface area contributed by atoms with Crippen LogP contribution in [0, 0.1) is 18.6 Å². The number of esters is 1. The minimum atomic E-state index is -0.877. The van der Waals surface area contributed by atoms with Crippen LogP contribution < -0.4 is 4.74 Å². The molecule has 4 heteroatoms. The van der Waals surface area contributed by atoms with Gasteiger partial charge in [0.15, 0.2) is 11.6 Å². The highest BCUT2D eigenvalue weighted by Gasteiger charge is 2.14. The molecule has 0 saturated carbocycles. The van der Waals surface area contributed by atoms with Crippen molar-refractivity contribution in [1.82, 2.24) is 0 Å². The van der Waals surface area contributed by atoms with Gasteiger partial charge in [-0.05, 0) is 18.6 Å². The Balaban J connectivity index is 3.17. The summed E-state index contributed by atoms with van der Waals surface area (Å²) in [6, 6.07) is 2.33. The first kappa shape index (κ1) is 9.64. The summed E-state index contributed by atoms with van der Waals surface area (Å²) in [6.07, 6.45) is 0. The van der Waals surface area contributed by atoms with Crippen LogP contribution in [0.5, 0.6) is 5.75 Å². The molecule has 0 aliphatic heterocycles. The molecular formula is C9H8F2O2. The van der Waals surface area contributed by atoms with Crippen LogP contribution in [-0.2, 0) is 4.79 Å². The van der Waals surface area contributed by atoms with Crippen molar-refractivity contribution in [3.63, 3.8) is 0 Å². The lowest BCUT2D eigenvalue weighted by atomic mass is 10.2. The second-order valence-electron chi connectivity index (χ2n) is 2.60. The zero-order valence-corrected chi connectivity index (χ0v) is 7.23. The maximum atomic E-state index is 13.1. The van der Waals surface area contributed by atoms with Gasteiger partial charge >= 0.3 is 5.97 Å². The SMILES string of the molecule is CC(=O)Oc1c(F)ccc(C)c1F. The molecule has 13 heavy (non-hydrogen) atoms. The van der Waals surface area contributed by atoms with E-state index in [0.29, 0.717) is 0 Å². The van der Waals surface area contributed by atoms with E-state index in [1.165, 1.54) is 13.0 Å². The standard InChI is InChI=1S/C9H8F2O2/c1-5-3-4-7(10)9(8(5)11)13-6(2)12/h3-4H,1-2H3. The average Bonchev–Trinajstić information content (AvgIpc) is 2.05. The van der Waals surface area contributed by atoms with Crippen molar-refractivity contribution in [2.75, 3.05) is 0 Å². The lowest BCUT2D eigenvalue weighted by Gasteiger charge is -2.05. The van der Waals surface area contributed by atoms with Crippen LogP contribution in [0.25, 0.3) is 0 Å². The molecule has 0 atom stereocenters. The molecule has 0 spiro atoms. The van der Waals surface area contributed by atoms with Crippen LogP contribution in [0.1, 0.15) is 12.5 Å². The molecule has 1 aromatic carbocycles. The first-order valence-corrected chi connectivity index (χ1v) is 3.65. The molecular weight excluding hydrogens is 178 g/mol. The largest absolute Gasteiger partial charge is 0.420 e. The smallest absolute Gasteiger partial charge is 0.308 e. The molecule has 70 valence electrons. The molecule has 0 heterocycles. The number of rotatable bonds is 1. The molecule has 0 radical (unpaired) electrons. The Kier molecular flexibility index (Phi) is 2.60. The fourth-order valence-corrected chi connectivity index (χ4v) is 0.868. The third-order valence-electron chi connectivity index (χ3n) is 1.49. The molecule has 0 amide bonds. The molecule has 0 unspecified atom stereocenters. The lowest BCUT2D eigenvalue weighted by Crippen LogP contribution is -2.05. The molecule has 1 rings (SSSR count). The number of hydrogen-bond acceptors (Lipinski definition) is 2. The van der Waals surface area contributed by atoms with E-state index in [1.54, 1.807) is 0 Å². The van der Waals surface area contributed by atoms with Crippen LogP contribution in [0.4, 0.5) is 8.78 Å². The van der Waals surface area contributed by atoms with Crippen molar-refractivity contribution in [3.8, 4) is 5.75 Å². The monoisotopic (exact) mass is 186 g/mol. The Morgan fingerprint density at radius 1 is 1.38 bits per heavy atom. The van der Waals surface area contributed by atoms with Gasteiger partial charge in [0.2, 0.25) is 5.75 Å². The zero-order chi connectivity index (χ0) is 10.0. The fraction of sp³-hybridized carbons (Fsp3) is 0.222. The molecule has 0 fully saturated rings. The van der Waals surface area contributed by atoms with Crippen molar-refractivity contribution in [1.29, 1.82) is 0 Å². The quantitative estimate of drug-likeness (QED) is 0.496. The van der Waals surface area contributed by atoms with Gasteiger partial charge in [-0.3, -0.25) is 4.79 Å². The second kappa shape index (κ2) is 3.51. The van der Waals surface area contributed by atoms with E-state index < -0.39 is 23.4 Å². The van der Waals surface area contributed by atoms with Crippen LogP contribution in [-0.4, -0.2) is 5.97 Å². The number of aryl methyl sites for hydroxylation is 1. The number of hydrogen-bond donors (Lipinski definition) is 0. The van der Waals surface area contributed by atoms with Crippen LogP contribution in [0.15, 0.2) is 12.1 Å². The Hall–Kier alpha value is -1.45. The van der Waals surface area contributed by atoms with E-state index in [2.05, 4.69) is 4.74 Å². The zero-order valence-electron chi connectivity index (χ0n) is 7.23. The second-order valence-corrected chi connectivity index (χ2v) is 2.60. The van der Waals surface area contributed by atoms with Crippen LogP contribution in [0.3, 0.4) is 0 Å². The van der Waals surface area contributed by atoms with E-state index in [1.807, 2.05) is 0 Å². The van der Waals surface area contributed by atoms with Gasteiger partial charge in [-0.2, -0.15) is 0 Å². The molecule has 1 aromatic rings. The molecule has 0 bridgehead atoms. The van der Waals surface area contributed by atoms with Gasteiger partial charge < -0.3 is 4.74 Å². The summed E-state index contributed by atoms with van der Waals surface area (Å²) >= 11 is 0. The Labute approximate surface area is 74.1 Å². The number of carbonyl (C=O) groups is 1. The highest BCUT2D eigenvalue weighted by molar-refractivity contribution is 5.69. The van der Waals surface area contributed by atoms with Crippen molar-refractivity contribution in [2.45, 2.75) is 13.8 Å². The first-order chi connectivity index (χ1) is 6.02. The predicted molar refractivity (Wildman–Crippen MR) is 42.4 cm³/mol. The summed E-state index contributed by atoms with van der Waals surface area (Å²) in [6.45, 7) is 2.54. The van der Waals surface area contributed by atoms with Gasteiger partial charge in [-0.25, -0.2) is 8.78 Å². The fourth-order valence-electron chi connectivity index (χ4n) is 0.868. The van der Waals surface area contributed by atoms with E-state index in [9.17, 15) is 13.6 Å². The normalized spacial score (nSPS) is 9.85. The number of halogens is 2. The summed E-state index contributed by atoms with van der Waals surface area (Å²) in [5.41, 5.74) is 0.234. The molecule has 0 saturated heterocycles. The van der Waals surface area contributed by atoms with Gasteiger partial charge in [0.1, 0.15) is 0 Å². The average molecular weight is 186 g/mol. The highest BCUT2D eigenvalue weighted by atomic mass is 19.1. The highest BCUT2D eigenvalue weighted by Crippen LogP contribution is 2.23. The summed E-state index contributed by atoms with van der Waals surface area (Å²) in [5, 5.41) is 0. The minimum Gasteiger partial charge on any atom is -0.420 e. The van der Waals surface area contributed by atoms with E-state index in [0.717, 1.165) is 13.0 Å². The maximum Gasteiger partial charge on any atom is 0.308 e. The number of benzene rings is 1. The summed E-state index contributed by atoms with van der Waals surface area (Å²) in [4.78, 5) is 10.5. The molecule has 0 N–H and O–H groups in total. The van der Waals surface area contributed by atoms with Gasteiger partial charge in [-0.15, -0.1) is 0 Å². The van der Waals surface area contributed by atoms with Crippen molar-refractivity contribution >= 4 is 5.97 Å². The Morgan fingerprint density at radius 3 is 2.54 bits per heavy atom. The Bertz CT molecular complexity index is 348. The summed E-state index contributed by atoms with van der Waals surface area (Å²) in [5.74, 6) is -3.09. The first-order valence-electron chi connectivity index (χ1n) is 3.65. The van der Waals surface area contributed by atoms with E-state index in [-0.39, 0.29) is 5.56 Å². The van der Waals surface area contributed by atoms with Gasteiger partial charge in [0, 0.05) is 6.92 Å². The molecule has 0 aromatic heterocycles. The molecule has 0 aliphatic carbocycles. The van der Waals surface area contributed by atoms with Crippen molar-refractivity contribution in [2.24, 2.45) is 0 Å². The Morgan fingerprint density at radius 2 is 2.00 bits per heavy atom. The number of carbonyl (C=O) groups excluding carboxylic acids is 1. The van der Waals surface area contributed by atoms with Gasteiger partial charge in [0.05, 0.1) is 0 Å². The summed E-state index contributed by atoms with van der Waals surface area (Å²) in [7, 11) is 0. The third-order valence-corrected chi connectivity index (χ3v) is 1.49. The van der Waals surface area contributed by atoms with Crippen molar-refractivity contribution < 1.29 is 18.3 Å². The van der Waals surface area contributed by atoms with Crippen LogP contribution >= 0.6 is 0 Å². The van der Waals surface area contributed by atoms with Crippen molar-refractivity contribution in [3.05, 3.63) is 29.3 Å². The lowest BCUT2D eigenvalue weighted by molar-refractivity contribution is -0.132. The summed E-state index contributed by atoms with van der Waals surface area (Å²) < 4.78 is 30.3. The van der Waals surface area contributed by atoms with Gasteiger partial charge in [-0.1, -0.05) is 6.07 Å². The predicted octanol–water partition coefficient (Wildman–Crippen LogP) is 2.20. The topological polar surface area (TPSA) is 26.3 Å². The van der Waals surface area contributed by atoms with Crippen LogP contribution in [0.2, 0.25) is 0 Å².